The molecule has 12 heteroatoms. The van der Waals surface area contributed by atoms with Crippen molar-refractivity contribution in [3.05, 3.63) is 65.8 Å². The number of carbonyl (C=O) groups is 1. The van der Waals surface area contributed by atoms with Gasteiger partial charge in [-0.3, -0.25) is 4.79 Å². The van der Waals surface area contributed by atoms with Crippen molar-refractivity contribution >= 4 is 27.2 Å². The molecule has 2 unspecified atom stereocenters. The molecule has 1 N–H and O–H groups in total. The zero-order valence-electron chi connectivity index (χ0n) is 20.3. The Labute approximate surface area is 213 Å². The van der Waals surface area contributed by atoms with Crippen molar-refractivity contribution in [1.82, 2.24) is 29.5 Å². The van der Waals surface area contributed by atoms with Crippen LogP contribution in [0.25, 0.3) is 5.65 Å². The molecule has 0 radical (unpaired) electrons. The Kier molecular flexibility index (Phi) is 5.63. The van der Waals surface area contributed by atoms with Crippen LogP contribution in [0.1, 0.15) is 53.9 Å². The largest absolute Gasteiger partial charge is 0.485 e. The summed E-state index contributed by atoms with van der Waals surface area (Å²) >= 11 is 0. The highest BCUT2D eigenvalue weighted by Gasteiger charge is 2.46. The number of anilines is 1. The number of amides is 1. The number of aromatic nitrogens is 6. The fourth-order valence-corrected chi connectivity index (χ4v) is 5.24. The summed E-state index contributed by atoms with van der Waals surface area (Å²) in [5, 5.41) is 10.7. The van der Waals surface area contributed by atoms with E-state index in [1.165, 1.54) is 12.5 Å². The van der Waals surface area contributed by atoms with Gasteiger partial charge in [-0.2, -0.15) is 5.10 Å². The second kappa shape index (κ2) is 8.87. The minimum absolute atomic E-state index is 0.000374. The molecule has 2 saturated carbocycles. The summed E-state index contributed by atoms with van der Waals surface area (Å²) in [4.78, 5) is 26.1. The van der Waals surface area contributed by atoms with Gasteiger partial charge in [-0.25, -0.2) is 23.4 Å². The smallest absolute Gasteiger partial charge is 0.229 e. The van der Waals surface area contributed by atoms with Gasteiger partial charge in [0.1, 0.15) is 23.1 Å². The predicted molar refractivity (Wildman–Crippen MR) is 133 cm³/mol. The molecule has 2 aliphatic rings. The lowest BCUT2D eigenvalue weighted by Gasteiger charge is -2.07. The Balaban J connectivity index is 1.13. The summed E-state index contributed by atoms with van der Waals surface area (Å²) in [5.74, 6) is 1.38. The summed E-state index contributed by atoms with van der Waals surface area (Å²) in [6.45, 7) is 1.99. The lowest BCUT2D eigenvalue weighted by Crippen LogP contribution is -2.16. The van der Waals surface area contributed by atoms with E-state index in [0.29, 0.717) is 35.3 Å². The number of rotatable bonds is 8. The van der Waals surface area contributed by atoms with E-state index in [2.05, 4.69) is 30.5 Å². The quantitative estimate of drug-likeness (QED) is 0.372. The van der Waals surface area contributed by atoms with Gasteiger partial charge in [0.2, 0.25) is 5.91 Å². The predicted octanol–water partition coefficient (Wildman–Crippen LogP) is 2.82. The summed E-state index contributed by atoms with van der Waals surface area (Å²) in [5.41, 5.74) is 2.82. The standard InChI is InChI=1S/C25H25N7O4S/c1-14-5-6-26-23(28-14)19-9-20(19)25(33)30-22-8-18(10-27-31-22)36-13-17-12-32-11-16(15-3-4-15)7-21(24(32)29-17)37(2,34)35/h5-8,10-12,15,19-20H,3-4,9,13H2,1-2H3,(H,30,31,33). The van der Waals surface area contributed by atoms with Gasteiger partial charge in [0.05, 0.1) is 11.9 Å². The lowest BCUT2D eigenvalue weighted by atomic mass is 10.2. The Morgan fingerprint density at radius 3 is 2.81 bits per heavy atom. The van der Waals surface area contributed by atoms with E-state index < -0.39 is 9.84 Å². The van der Waals surface area contributed by atoms with Crippen molar-refractivity contribution in [2.45, 2.75) is 49.5 Å². The van der Waals surface area contributed by atoms with Crippen molar-refractivity contribution in [2.75, 3.05) is 11.6 Å². The van der Waals surface area contributed by atoms with Crippen LogP contribution in [-0.4, -0.2) is 50.1 Å². The Morgan fingerprint density at radius 2 is 2.05 bits per heavy atom. The van der Waals surface area contributed by atoms with Crippen molar-refractivity contribution < 1.29 is 17.9 Å². The van der Waals surface area contributed by atoms with Gasteiger partial charge < -0.3 is 14.5 Å². The van der Waals surface area contributed by atoms with E-state index in [1.54, 1.807) is 28.9 Å². The van der Waals surface area contributed by atoms with Crippen LogP contribution < -0.4 is 10.1 Å². The molecule has 2 atom stereocenters. The van der Waals surface area contributed by atoms with E-state index in [-0.39, 0.29) is 35.1 Å². The number of nitrogens with one attached hydrogen (secondary N) is 1. The Morgan fingerprint density at radius 1 is 1.22 bits per heavy atom. The molecule has 11 nitrogen and oxygen atoms in total. The number of ether oxygens (including phenoxy) is 1. The van der Waals surface area contributed by atoms with E-state index in [9.17, 15) is 13.2 Å². The number of pyridine rings is 1. The van der Waals surface area contributed by atoms with Crippen LogP contribution >= 0.6 is 0 Å². The lowest BCUT2D eigenvalue weighted by molar-refractivity contribution is -0.117. The van der Waals surface area contributed by atoms with Crippen molar-refractivity contribution in [2.24, 2.45) is 5.92 Å². The Hall–Kier alpha value is -3.93. The van der Waals surface area contributed by atoms with Gasteiger partial charge in [-0.15, -0.1) is 5.10 Å². The Bertz CT molecular complexity index is 1630. The number of sulfone groups is 1. The van der Waals surface area contributed by atoms with Gasteiger partial charge in [0, 0.05) is 48.4 Å². The van der Waals surface area contributed by atoms with Gasteiger partial charge in [-0.1, -0.05) is 0 Å². The fourth-order valence-electron chi connectivity index (χ4n) is 4.40. The van der Waals surface area contributed by atoms with E-state index in [1.807, 2.05) is 19.2 Å². The first-order valence-corrected chi connectivity index (χ1v) is 13.9. The molecule has 0 bridgehead atoms. The van der Waals surface area contributed by atoms with Crippen LogP contribution in [0.2, 0.25) is 0 Å². The molecule has 4 aromatic heterocycles. The average molecular weight is 520 g/mol. The summed E-state index contributed by atoms with van der Waals surface area (Å²) < 4.78 is 32.4. The first-order valence-electron chi connectivity index (χ1n) is 12.0. The highest BCUT2D eigenvalue weighted by Crippen LogP contribution is 2.46. The number of aryl methyl sites for hydroxylation is 1. The minimum atomic E-state index is -3.45. The molecule has 0 aliphatic heterocycles. The molecular weight excluding hydrogens is 494 g/mol. The third-order valence-corrected chi connectivity index (χ3v) is 7.68. The minimum Gasteiger partial charge on any atom is -0.485 e. The van der Waals surface area contributed by atoms with Crippen LogP contribution in [-0.2, 0) is 21.2 Å². The maximum atomic E-state index is 12.7. The molecule has 0 spiro atoms. The monoisotopic (exact) mass is 519 g/mol. The third-order valence-electron chi connectivity index (χ3n) is 6.58. The molecule has 1 amide bonds. The van der Waals surface area contributed by atoms with Gasteiger partial charge in [0.15, 0.2) is 21.3 Å². The number of nitrogens with zero attached hydrogens (tertiary/aromatic N) is 6. The van der Waals surface area contributed by atoms with Gasteiger partial charge >= 0.3 is 0 Å². The van der Waals surface area contributed by atoms with Crippen molar-refractivity contribution in [3.8, 4) is 5.75 Å². The molecule has 0 aromatic carbocycles. The van der Waals surface area contributed by atoms with Crippen molar-refractivity contribution in [3.63, 3.8) is 0 Å². The maximum absolute atomic E-state index is 12.7. The van der Waals surface area contributed by atoms with Crippen LogP contribution in [0.3, 0.4) is 0 Å². The molecule has 0 saturated heterocycles. The normalized spacial score (nSPS) is 19.1. The SMILES string of the molecule is Cc1ccnc(C2CC2C(=O)Nc2cc(OCc3cn4cc(C5CC5)cc(S(C)(=O)=O)c4n3)cnn2)n1. The van der Waals surface area contributed by atoms with E-state index in [0.717, 1.165) is 24.1 Å². The van der Waals surface area contributed by atoms with Crippen molar-refractivity contribution in [1.29, 1.82) is 0 Å². The van der Waals surface area contributed by atoms with Crippen LogP contribution in [0.5, 0.6) is 5.75 Å². The highest BCUT2D eigenvalue weighted by molar-refractivity contribution is 7.91. The second-order valence-electron chi connectivity index (χ2n) is 9.71. The molecular formula is C25H25N7O4S. The molecule has 6 rings (SSSR count). The van der Waals surface area contributed by atoms with E-state index >= 15 is 0 Å². The highest BCUT2D eigenvalue weighted by atomic mass is 32.2. The first kappa shape index (κ1) is 23.5. The molecule has 2 aliphatic carbocycles. The fraction of sp³-hybridized carbons (Fsp3) is 0.360. The zero-order chi connectivity index (χ0) is 25.7. The maximum Gasteiger partial charge on any atom is 0.229 e. The number of fused-ring (bicyclic) bond motifs is 1. The van der Waals surface area contributed by atoms with Gasteiger partial charge in [-0.05, 0) is 49.8 Å². The van der Waals surface area contributed by atoms with Gasteiger partial charge in [0.25, 0.3) is 0 Å². The second-order valence-corrected chi connectivity index (χ2v) is 11.7. The van der Waals surface area contributed by atoms with E-state index in [4.69, 9.17) is 4.74 Å². The summed E-state index contributed by atoms with van der Waals surface area (Å²) in [6, 6.07) is 5.15. The third kappa shape index (κ3) is 5.01. The molecule has 4 aromatic rings. The number of hydrogen-bond acceptors (Lipinski definition) is 9. The van der Waals surface area contributed by atoms with Crippen LogP contribution in [0, 0.1) is 12.8 Å². The number of hydrogen-bond donors (Lipinski definition) is 1. The number of carbonyl (C=O) groups excluding carboxylic acids is 1. The molecule has 190 valence electrons. The molecule has 4 heterocycles. The topological polar surface area (TPSA) is 141 Å². The van der Waals surface area contributed by atoms with Crippen LogP contribution in [0.4, 0.5) is 5.82 Å². The average Bonchev–Trinajstić information content (AvgIpc) is 3.78. The molecule has 37 heavy (non-hydrogen) atoms. The first-order chi connectivity index (χ1) is 17.7. The van der Waals surface area contributed by atoms with Crippen LogP contribution in [0.15, 0.2) is 47.9 Å². The zero-order valence-corrected chi connectivity index (χ0v) is 21.1. The summed E-state index contributed by atoms with van der Waals surface area (Å²) in [7, 11) is -3.45. The molecule has 2 fully saturated rings. The summed E-state index contributed by atoms with van der Waals surface area (Å²) in [6.07, 6.45) is 10.9. The number of imidazole rings is 1.